The highest BCUT2D eigenvalue weighted by molar-refractivity contribution is 7.91. The number of Topliss-reactive ketones (excluding diaryl/α,β-unsaturated/α-hetero) is 1. The van der Waals surface area contributed by atoms with Crippen molar-refractivity contribution in [1.82, 2.24) is 4.90 Å². The van der Waals surface area contributed by atoms with Crippen molar-refractivity contribution >= 4 is 21.5 Å². The van der Waals surface area contributed by atoms with Gasteiger partial charge in [-0.25, -0.2) is 8.42 Å². The second-order valence-electron chi connectivity index (χ2n) is 7.17. The molecule has 2 N–H and O–H groups in total. The number of carbonyl (C=O) groups excluding carboxylic acids is 2. The number of sulfone groups is 1. The van der Waals surface area contributed by atoms with E-state index in [1.807, 2.05) is 0 Å². The Morgan fingerprint density at radius 2 is 2.03 bits per heavy atom. The fraction of sp³-hybridized carbons (Fsp3) is 0.300. The molecule has 2 aromatic rings. The van der Waals surface area contributed by atoms with Crippen molar-refractivity contribution < 1.29 is 37.4 Å². The summed E-state index contributed by atoms with van der Waals surface area (Å²) in [6.45, 7) is 0. The molecule has 1 aromatic heterocycles. The van der Waals surface area contributed by atoms with Crippen molar-refractivity contribution in [2.24, 2.45) is 0 Å². The number of aromatic hydroxyl groups is 1. The van der Waals surface area contributed by atoms with E-state index in [1.165, 1.54) is 48.6 Å². The number of aliphatic hydroxyl groups excluding tert-OH is 1. The number of aliphatic hydroxyl groups is 1. The number of hydrogen-bond donors (Lipinski definition) is 2. The molecule has 4 rings (SSSR count). The number of methoxy groups -OCH3 is 1. The molecule has 0 radical (unpaired) electrons. The molecule has 2 atom stereocenters. The Kier molecular flexibility index (Phi) is 4.81. The molecule has 2 aliphatic rings. The van der Waals surface area contributed by atoms with Crippen molar-refractivity contribution in [3.05, 3.63) is 59.3 Å². The van der Waals surface area contributed by atoms with Crippen molar-refractivity contribution in [3.63, 3.8) is 0 Å². The first-order valence-corrected chi connectivity index (χ1v) is 11.0. The Hall–Kier alpha value is -3.27. The zero-order valence-corrected chi connectivity index (χ0v) is 16.8. The normalized spacial score (nSPS) is 23.2. The lowest BCUT2D eigenvalue weighted by Crippen LogP contribution is -2.41. The van der Waals surface area contributed by atoms with Crippen LogP contribution < -0.4 is 4.74 Å². The van der Waals surface area contributed by atoms with Gasteiger partial charge in [-0.2, -0.15) is 0 Å². The van der Waals surface area contributed by atoms with Gasteiger partial charge in [0, 0.05) is 6.04 Å². The number of phenols is 1. The van der Waals surface area contributed by atoms with Crippen LogP contribution in [-0.4, -0.2) is 59.9 Å². The molecule has 3 heterocycles. The van der Waals surface area contributed by atoms with E-state index in [2.05, 4.69) is 0 Å². The monoisotopic (exact) mass is 433 g/mol. The van der Waals surface area contributed by atoms with Gasteiger partial charge in [0.25, 0.3) is 5.91 Å². The predicted octanol–water partition coefficient (Wildman–Crippen LogP) is 1.76. The van der Waals surface area contributed by atoms with Crippen LogP contribution in [-0.2, 0) is 14.6 Å². The first kappa shape index (κ1) is 20.0. The molecule has 1 saturated heterocycles. The number of rotatable bonds is 5. The van der Waals surface area contributed by atoms with Gasteiger partial charge in [-0.15, -0.1) is 0 Å². The van der Waals surface area contributed by atoms with E-state index in [4.69, 9.17) is 9.15 Å². The molecule has 2 aliphatic heterocycles. The minimum atomic E-state index is -3.34. The van der Waals surface area contributed by atoms with E-state index in [-0.39, 0.29) is 40.8 Å². The maximum Gasteiger partial charge on any atom is 0.290 e. The largest absolute Gasteiger partial charge is 0.504 e. The van der Waals surface area contributed by atoms with Crippen molar-refractivity contribution in [1.29, 1.82) is 0 Å². The number of carbonyl (C=O) groups is 2. The summed E-state index contributed by atoms with van der Waals surface area (Å²) in [6, 6.07) is 5.40. The van der Waals surface area contributed by atoms with E-state index >= 15 is 0 Å². The third-order valence-electron chi connectivity index (χ3n) is 5.35. The highest BCUT2D eigenvalue weighted by atomic mass is 32.2. The number of hydrogen-bond acceptors (Lipinski definition) is 8. The Labute approximate surface area is 172 Å². The first-order chi connectivity index (χ1) is 14.2. The number of nitrogens with zero attached hydrogens (tertiary/aromatic N) is 1. The molecule has 0 saturated carbocycles. The Morgan fingerprint density at radius 1 is 1.27 bits per heavy atom. The molecule has 1 fully saturated rings. The summed E-state index contributed by atoms with van der Waals surface area (Å²) in [5.74, 6) is -2.73. The van der Waals surface area contributed by atoms with Gasteiger partial charge in [-0.05, 0) is 36.2 Å². The van der Waals surface area contributed by atoms with Crippen LogP contribution in [0.25, 0.3) is 0 Å². The molecule has 9 nitrogen and oxygen atoms in total. The average Bonchev–Trinajstić information content (AvgIpc) is 3.42. The maximum absolute atomic E-state index is 13.1. The summed E-state index contributed by atoms with van der Waals surface area (Å²) in [4.78, 5) is 27.2. The van der Waals surface area contributed by atoms with Gasteiger partial charge in [0.05, 0.1) is 36.5 Å². The van der Waals surface area contributed by atoms with E-state index in [0.717, 1.165) is 0 Å². The highest BCUT2D eigenvalue weighted by Gasteiger charge is 2.49. The number of benzene rings is 1. The topological polar surface area (TPSA) is 134 Å². The van der Waals surface area contributed by atoms with Crippen molar-refractivity contribution in [2.45, 2.75) is 18.5 Å². The zero-order chi connectivity index (χ0) is 21.6. The van der Waals surface area contributed by atoms with Crippen LogP contribution in [0.15, 0.2) is 52.3 Å². The Bertz CT molecular complexity index is 1150. The molecular formula is C20H19NO8S. The highest BCUT2D eigenvalue weighted by Crippen LogP contribution is 2.43. The van der Waals surface area contributed by atoms with Gasteiger partial charge in [0.1, 0.15) is 0 Å². The third kappa shape index (κ3) is 3.22. The summed E-state index contributed by atoms with van der Waals surface area (Å²) < 4.78 is 34.3. The van der Waals surface area contributed by atoms with Gasteiger partial charge in [0.2, 0.25) is 5.78 Å². The fourth-order valence-electron chi connectivity index (χ4n) is 3.96. The summed E-state index contributed by atoms with van der Waals surface area (Å²) >= 11 is 0. The number of phenolic OH excluding ortho intramolecular Hbond substituents is 1. The second kappa shape index (κ2) is 7.21. The molecule has 1 aromatic carbocycles. The summed E-state index contributed by atoms with van der Waals surface area (Å²) in [6.07, 6.45) is 1.48. The van der Waals surface area contributed by atoms with E-state index in [9.17, 15) is 28.2 Å². The van der Waals surface area contributed by atoms with Gasteiger partial charge in [-0.1, -0.05) is 6.07 Å². The van der Waals surface area contributed by atoms with Crippen LogP contribution in [0.5, 0.6) is 11.5 Å². The summed E-state index contributed by atoms with van der Waals surface area (Å²) in [7, 11) is -1.99. The van der Waals surface area contributed by atoms with Gasteiger partial charge in [0.15, 0.2) is 32.9 Å². The van der Waals surface area contributed by atoms with E-state index in [0.29, 0.717) is 5.56 Å². The molecule has 1 amide bonds. The first-order valence-electron chi connectivity index (χ1n) is 9.15. The van der Waals surface area contributed by atoms with Crippen LogP contribution in [0.4, 0.5) is 0 Å². The van der Waals surface area contributed by atoms with Crippen molar-refractivity contribution in [2.75, 3.05) is 18.6 Å². The molecule has 10 heteroatoms. The molecule has 0 spiro atoms. The van der Waals surface area contributed by atoms with Crippen LogP contribution in [0, 0.1) is 0 Å². The number of ether oxygens (including phenoxy) is 1. The molecule has 30 heavy (non-hydrogen) atoms. The van der Waals surface area contributed by atoms with E-state index < -0.39 is 39.4 Å². The van der Waals surface area contributed by atoms with Gasteiger partial charge < -0.3 is 24.3 Å². The molecule has 158 valence electrons. The standard InChI is InChI=1S/C20H19NO8S/c1-28-15-9-11(4-5-13(15)22)17-16(18(23)14-3-2-7-29-14)19(24)20(25)21(17)12-6-8-30(26,27)10-12/h2-5,7,9,12,17,22,24H,6,8,10H2,1H3. The van der Waals surface area contributed by atoms with Crippen LogP contribution in [0.3, 0.4) is 0 Å². The fourth-order valence-corrected chi connectivity index (χ4v) is 5.67. The molecule has 2 unspecified atom stereocenters. The minimum absolute atomic E-state index is 0.0685. The van der Waals surface area contributed by atoms with E-state index in [1.54, 1.807) is 0 Å². The average molecular weight is 433 g/mol. The van der Waals surface area contributed by atoms with Gasteiger partial charge >= 0.3 is 0 Å². The van der Waals surface area contributed by atoms with Crippen LogP contribution in [0.1, 0.15) is 28.6 Å². The summed E-state index contributed by atoms with van der Waals surface area (Å²) in [5, 5.41) is 20.5. The predicted molar refractivity (Wildman–Crippen MR) is 104 cm³/mol. The number of ketones is 1. The number of furan rings is 1. The van der Waals surface area contributed by atoms with Crippen LogP contribution in [0.2, 0.25) is 0 Å². The maximum atomic E-state index is 13.1. The molecular weight excluding hydrogens is 414 g/mol. The van der Waals surface area contributed by atoms with Crippen molar-refractivity contribution in [3.8, 4) is 11.5 Å². The molecule has 0 bridgehead atoms. The number of amides is 1. The summed E-state index contributed by atoms with van der Waals surface area (Å²) in [5.41, 5.74) is 0.160. The zero-order valence-electron chi connectivity index (χ0n) is 15.9. The lowest BCUT2D eigenvalue weighted by molar-refractivity contribution is -0.131. The second-order valence-corrected chi connectivity index (χ2v) is 9.40. The van der Waals surface area contributed by atoms with Gasteiger partial charge in [-0.3, -0.25) is 9.59 Å². The third-order valence-corrected chi connectivity index (χ3v) is 7.11. The lowest BCUT2D eigenvalue weighted by Gasteiger charge is -2.31. The molecule has 0 aliphatic carbocycles. The Balaban J connectivity index is 1.85. The minimum Gasteiger partial charge on any atom is -0.504 e. The Morgan fingerprint density at radius 3 is 2.63 bits per heavy atom. The lowest BCUT2D eigenvalue weighted by atomic mass is 9.94. The van der Waals surface area contributed by atoms with Crippen LogP contribution >= 0.6 is 0 Å². The quantitative estimate of drug-likeness (QED) is 0.681. The smallest absolute Gasteiger partial charge is 0.290 e. The SMILES string of the molecule is COc1cc(C2C(C(=O)c3ccco3)=C(O)C(=O)N2C2CCS(=O)(=O)C2)ccc1O.